The first-order valence-electron chi connectivity index (χ1n) is 9.66. The third kappa shape index (κ3) is 2.87. The van der Waals surface area contributed by atoms with Crippen molar-refractivity contribution < 1.29 is 9.21 Å². The maximum Gasteiger partial charge on any atom is 0.237 e. The number of carbonyl (C=O) groups is 1. The lowest BCUT2D eigenvalue weighted by atomic mass is 9.97. The number of benzene rings is 3. The van der Waals surface area contributed by atoms with Crippen molar-refractivity contribution in [3.63, 3.8) is 0 Å². The van der Waals surface area contributed by atoms with Crippen LogP contribution in [0.25, 0.3) is 44.0 Å². The monoisotopic (exact) mass is 383 g/mol. The summed E-state index contributed by atoms with van der Waals surface area (Å²) in [5.41, 5.74) is 17.3. The van der Waals surface area contributed by atoms with Crippen molar-refractivity contribution in [1.29, 1.82) is 0 Å². The molecule has 0 fully saturated rings. The number of hydrogen-bond acceptors (Lipinski definition) is 3. The summed E-state index contributed by atoms with van der Waals surface area (Å²) in [6, 6.07) is 20.5. The highest BCUT2D eigenvalue weighted by Crippen LogP contribution is 2.37. The molecule has 0 unspecified atom stereocenters. The molecule has 144 valence electrons. The van der Waals surface area contributed by atoms with E-state index in [9.17, 15) is 4.79 Å². The van der Waals surface area contributed by atoms with Gasteiger partial charge in [-0.05, 0) is 53.9 Å². The molecular formula is C24H21N3O2. The van der Waals surface area contributed by atoms with Gasteiger partial charge in [0.25, 0.3) is 0 Å². The summed E-state index contributed by atoms with van der Waals surface area (Å²) in [5.74, 6) is -0.361. The third-order valence-corrected chi connectivity index (χ3v) is 5.42. The molecule has 0 aliphatic rings. The normalized spacial score (nSPS) is 11.6. The second-order valence-corrected chi connectivity index (χ2v) is 7.30. The molecule has 2 heterocycles. The van der Waals surface area contributed by atoms with Gasteiger partial charge in [0.2, 0.25) is 5.91 Å². The van der Waals surface area contributed by atoms with Crippen LogP contribution in [0, 0.1) is 0 Å². The Balaban J connectivity index is 1.75. The summed E-state index contributed by atoms with van der Waals surface area (Å²) in [6.45, 7) is 0.699. The molecule has 2 aromatic heterocycles. The number of para-hydroxylation sites is 1. The molecule has 5 rings (SSSR count). The molecule has 4 N–H and O–H groups in total. The zero-order chi connectivity index (χ0) is 20.0. The Morgan fingerprint density at radius 3 is 2.62 bits per heavy atom. The van der Waals surface area contributed by atoms with Crippen LogP contribution >= 0.6 is 0 Å². The Labute approximate surface area is 167 Å². The lowest BCUT2D eigenvalue weighted by Crippen LogP contribution is -2.17. The highest BCUT2D eigenvalue weighted by atomic mass is 16.3. The fourth-order valence-corrected chi connectivity index (χ4v) is 4.21. The SMILES string of the molecule is NCCc1cn(CC(N)=O)c2ccc(-c3cccc4oc5ccccc5c34)cc12. The van der Waals surface area contributed by atoms with E-state index in [2.05, 4.69) is 30.3 Å². The number of furan rings is 1. The Bertz CT molecular complexity index is 1380. The fraction of sp³-hybridized carbons (Fsp3) is 0.125. The van der Waals surface area contributed by atoms with Crippen LogP contribution in [-0.4, -0.2) is 17.0 Å². The standard InChI is InChI=1S/C24H21N3O2/c25-11-10-16-13-27(14-23(26)28)20-9-8-15(12-19(16)20)17-5-3-7-22-24(17)18-4-1-2-6-21(18)29-22/h1-9,12-13H,10-11,14,25H2,(H2,26,28). The predicted molar refractivity (Wildman–Crippen MR) is 117 cm³/mol. The predicted octanol–water partition coefficient (Wildman–Crippen LogP) is 4.19. The van der Waals surface area contributed by atoms with Crippen molar-refractivity contribution in [2.75, 3.05) is 6.54 Å². The van der Waals surface area contributed by atoms with Crippen molar-refractivity contribution in [3.05, 3.63) is 72.4 Å². The number of primary amides is 1. The van der Waals surface area contributed by atoms with Gasteiger partial charge in [-0.1, -0.05) is 36.4 Å². The molecule has 5 heteroatoms. The molecule has 0 radical (unpaired) electrons. The number of carbonyl (C=O) groups excluding carboxylic acids is 1. The van der Waals surface area contributed by atoms with Crippen LogP contribution in [0.15, 0.2) is 71.3 Å². The van der Waals surface area contributed by atoms with Gasteiger partial charge in [-0.3, -0.25) is 4.79 Å². The first-order valence-corrected chi connectivity index (χ1v) is 9.66. The van der Waals surface area contributed by atoms with E-state index in [1.165, 1.54) is 0 Å². The van der Waals surface area contributed by atoms with Crippen LogP contribution in [-0.2, 0) is 17.8 Å². The number of fused-ring (bicyclic) bond motifs is 4. The van der Waals surface area contributed by atoms with E-state index >= 15 is 0 Å². The minimum Gasteiger partial charge on any atom is -0.456 e. The molecule has 3 aromatic carbocycles. The molecule has 29 heavy (non-hydrogen) atoms. The zero-order valence-electron chi connectivity index (χ0n) is 15.9. The first kappa shape index (κ1) is 17.5. The van der Waals surface area contributed by atoms with Crippen LogP contribution < -0.4 is 11.5 Å². The number of nitrogens with zero attached hydrogens (tertiary/aromatic N) is 1. The fourth-order valence-electron chi connectivity index (χ4n) is 4.21. The van der Waals surface area contributed by atoms with Gasteiger partial charge in [0, 0.05) is 27.9 Å². The highest BCUT2D eigenvalue weighted by Gasteiger charge is 2.15. The van der Waals surface area contributed by atoms with Crippen molar-refractivity contribution in [3.8, 4) is 11.1 Å². The van der Waals surface area contributed by atoms with Gasteiger partial charge in [-0.15, -0.1) is 0 Å². The minimum atomic E-state index is -0.361. The Morgan fingerprint density at radius 2 is 1.79 bits per heavy atom. The molecule has 5 aromatic rings. The molecule has 0 aliphatic heterocycles. The minimum absolute atomic E-state index is 0.155. The van der Waals surface area contributed by atoms with E-state index in [0.29, 0.717) is 6.54 Å². The molecule has 5 nitrogen and oxygen atoms in total. The smallest absolute Gasteiger partial charge is 0.237 e. The van der Waals surface area contributed by atoms with Gasteiger partial charge in [0.05, 0.1) is 0 Å². The topological polar surface area (TPSA) is 87.2 Å². The molecule has 0 spiro atoms. The second kappa shape index (κ2) is 6.79. The van der Waals surface area contributed by atoms with Crippen molar-refractivity contribution in [2.45, 2.75) is 13.0 Å². The van der Waals surface area contributed by atoms with E-state index in [-0.39, 0.29) is 12.5 Å². The van der Waals surface area contributed by atoms with Crippen molar-refractivity contribution in [2.24, 2.45) is 11.5 Å². The van der Waals surface area contributed by atoms with Gasteiger partial charge in [-0.2, -0.15) is 0 Å². The summed E-state index contributed by atoms with van der Waals surface area (Å²) in [6.07, 6.45) is 2.73. The van der Waals surface area contributed by atoms with Gasteiger partial charge in [0.1, 0.15) is 17.7 Å². The number of nitrogens with two attached hydrogens (primary N) is 2. The maximum absolute atomic E-state index is 11.5. The molecular weight excluding hydrogens is 362 g/mol. The van der Waals surface area contributed by atoms with Gasteiger partial charge < -0.3 is 20.5 Å². The van der Waals surface area contributed by atoms with Gasteiger partial charge in [-0.25, -0.2) is 0 Å². The Morgan fingerprint density at radius 1 is 0.966 bits per heavy atom. The number of rotatable bonds is 5. The van der Waals surface area contributed by atoms with Gasteiger partial charge >= 0.3 is 0 Å². The van der Waals surface area contributed by atoms with Crippen LogP contribution in [0.4, 0.5) is 0 Å². The second-order valence-electron chi connectivity index (χ2n) is 7.30. The largest absolute Gasteiger partial charge is 0.456 e. The Hall–Kier alpha value is -3.57. The number of hydrogen-bond donors (Lipinski definition) is 2. The number of amides is 1. The molecule has 0 aliphatic carbocycles. The van der Waals surface area contributed by atoms with E-state index in [4.69, 9.17) is 15.9 Å². The highest BCUT2D eigenvalue weighted by molar-refractivity contribution is 6.12. The summed E-state index contributed by atoms with van der Waals surface area (Å²) in [4.78, 5) is 11.5. The maximum atomic E-state index is 11.5. The average Bonchev–Trinajstić information content (AvgIpc) is 3.26. The van der Waals surface area contributed by atoms with Crippen LogP contribution in [0.3, 0.4) is 0 Å². The van der Waals surface area contributed by atoms with Gasteiger partial charge in [0.15, 0.2) is 0 Å². The molecule has 0 saturated carbocycles. The molecule has 0 atom stereocenters. The van der Waals surface area contributed by atoms with Crippen molar-refractivity contribution in [1.82, 2.24) is 4.57 Å². The molecule has 1 amide bonds. The van der Waals surface area contributed by atoms with Crippen molar-refractivity contribution >= 4 is 38.7 Å². The summed E-state index contributed by atoms with van der Waals surface area (Å²) in [5, 5.41) is 3.31. The van der Waals surface area contributed by atoms with Crippen LogP contribution in [0.5, 0.6) is 0 Å². The van der Waals surface area contributed by atoms with E-state index in [1.807, 2.05) is 41.1 Å². The number of aromatic nitrogens is 1. The summed E-state index contributed by atoms with van der Waals surface area (Å²) in [7, 11) is 0. The average molecular weight is 383 g/mol. The first-order chi connectivity index (χ1) is 14.2. The molecule has 0 bridgehead atoms. The Kier molecular flexibility index (Phi) is 4.11. The quantitative estimate of drug-likeness (QED) is 0.477. The molecule has 0 saturated heterocycles. The summed E-state index contributed by atoms with van der Waals surface area (Å²) >= 11 is 0. The van der Waals surface area contributed by atoms with E-state index in [0.717, 1.165) is 56.0 Å². The van der Waals surface area contributed by atoms with Crippen LogP contribution in [0.1, 0.15) is 5.56 Å². The zero-order valence-corrected chi connectivity index (χ0v) is 15.9. The van der Waals surface area contributed by atoms with E-state index < -0.39 is 0 Å². The summed E-state index contributed by atoms with van der Waals surface area (Å²) < 4.78 is 7.94. The lowest BCUT2D eigenvalue weighted by molar-refractivity contribution is -0.118. The third-order valence-electron chi connectivity index (χ3n) is 5.42. The van der Waals surface area contributed by atoms with Crippen LogP contribution in [0.2, 0.25) is 0 Å². The van der Waals surface area contributed by atoms with E-state index in [1.54, 1.807) is 0 Å². The lowest BCUT2D eigenvalue weighted by Gasteiger charge is -2.07.